The Morgan fingerprint density at radius 1 is 0.784 bits per heavy atom. The van der Waals surface area contributed by atoms with Gasteiger partial charge < -0.3 is 14.6 Å². The summed E-state index contributed by atoms with van der Waals surface area (Å²) < 4.78 is 11.6. The largest absolute Gasteiger partial charge is 0.497 e. The van der Waals surface area contributed by atoms with Crippen molar-refractivity contribution >= 4 is 0 Å². The maximum Gasteiger partial charge on any atom is 0.149 e. The van der Waals surface area contributed by atoms with Crippen LogP contribution < -0.4 is 9.47 Å². The van der Waals surface area contributed by atoms with Crippen molar-refractivity contribution in [2.24, 2.45) is 0 Å². The Kier molecular flexibility index (Phi) is 8.59. The lowest BCUT2D eigenvalue weighted by atomic mass is 9.71. The SMILES string of the molecule is CCN(CC)C(C)Oc1ccc(C(O)(c2ccc(OC)cc2)C(c2ccccc2)c2ccccn2)cc1. The van der Waals surface area contributed by atoms with E-state index in [-0.39, 0.29) is 6.23 Å². The van der Waals surface area contributed by atoms with Crippen LogP contribution in [-0.2, 0) is 5.60 Å². The van der Waals surface area contributed by atoms with Gasteiger partial charge in [0.25, 0.3) is 0 Å². The highest BCUT2D eigenvalue weighted by Gasteiger charge is 2.43. The number of methoxy groups -OCH3 is 1. The van der Waals surface area contributed by atoms with Crippen molar-refractivity contribution in [3.8, 4) is 11.5 Å². The van der Waals surface area contributed by atoms with Crippen molar-refractivity contribution in [2.75, 3.05) is 20.2 Å². The van der Waals surface area contributed by atoms with Crippen LogP contribution in [0.25, 0.3) is 0 Å². The van der Waals surface area contributed by atoms with E-state index in [9.17, 15) is 5.11 Å². The fourth-order valence-electron chi connectivity index (χ4n) is 4.96. The maximum absolute atomic E-state index is 12.8. The Morgan fingerprint density at radius 2 is 1.35 bits per heavy atom. The molecule has 0 saturated heterocycles. The second-order valence-corrected chi connectivity index (χ2v) is 9.06. The molecule has 0 spiro atoms. The van der Waals surface area contributed by atoms with E-state index in [4.69, 9.17) is 9.47 Å². The fraction of sp³-hybridized carbons (Fsp3) is 0.281. The monoisotopic (exact) mass is 496 g/mol. The molecule has 0 fully saturated rings. The summed E-state index contributed by atoms with van der Waals surface area (Å²) in [6.07, 6.45) is 1.72. The molecule has 5 heteroatoms. The number of rotatable bonds is 11. The van der Waals surface area contributed by atoms with Gasteiger partial charge in [-0.1, -0.05) is 74.5 Å². The predicted octanol–water partition coefficient (Wildman–Crippen LogP) is 6.22. The second-order valence-electron chi connectivity index (χ2n) is 9.06. The van der Waals surface area contributed by atoms with E-state index in [1.807, 2.05) is 97.1 Å². The van der Waals surface area contributed by atoms with Crippen molar-refractivity contribution in [1.29, 1.82) is 0 Å². The summed E-state index contributed by atoms with van der Waals surface area (Å²) in [5.41, 5.74) is 1.83. The fourth-order valence-corrected chi connectivity index (χ4v) is 4.96. The van der Waals surface area contributed by atoms with Crippen LogP contribution in [0.1, 0.15) is 49.1 Å². The van der Waals surface area contributed by atoms with E-state index < -0.39 is 11.5 Å². The molecule has 0 aliphatic rings. The number of nitrogens with zero attached hydrogens (tertiary/aromatic N) is 2. The third kappa shape index (κ3) is 5.68. The van der Waals surface area contributed by atoms with Crippen LogP contribution in [0.4, 0.5) is 0 Å². The highest BCUT2D eigenvalue weighted by atomic mass is 16.5. The Hall–Kier alpha value is -3.67. The molecule has 3 aromatic carbocycles. The molecular formula is C32H36N2O3. The molecule has 37 heavy (non-hydrogen) atoms. The van der Waals surface area contributed by atoms with Gasteiger partial charge in [-0.05, 0) is 73.1 Å². The van der Waals surface area contributed by atoms with E-state index in [1.165, 1.54) is 0 Å². The Bertz CT molecular complexity index is 1190. The summed E-state index contributed by atoms with van der Waals surface area (Å²) in [6, 6.07) is 31.2. The van der Waals surface area contributed by atoms with Gasteiger partial charge >= 0.3 is 0 Å². The van der Waals surface area contributed by atoms with Gasteiger partial charge in [-0.15, -0.1) is 0 Å². The van der Waals surface area contributed by atoms with Crippen molar-refractivity contribution in [3.63, 3.8) is 0 Å². The molecule has 0 amide bonds. The summed E-state index contributed by atoms with van der Waals surface area (Å²) in [5, 5.41) is 12.8. The Morgan fingerprint density at radius 3 is 1.86 bits per heavy atom. The molecule has 4 rings (SSSR count). The van der Waals surface area contributed by atoms with E-state index in [1.54, 1.807) is 13.3 Å². The molecule has 3 unspecified atom stereocenters. The van der Waals surface area contributed by atoms with Crippen molar-refractivity contribution in [1.82, 2.24) is 9.88 Å². The van der Waals surface area contributed by atoms with Gasteiger partial charge in [0, 0.05) is 6.20 Å². The topological polar surface area (TPSA) is 54.8 Å². The van der Waals surface area contributed by atoms with Gasteiger partial charge in [-0.25, -0.2) is 0 Å². The molecule has 1 N–H and O–H groups in total. The average molecular weight is 497 g/mol. The number of benzene rings is 3. The number of hydrogen-bond acceptors (Lipinski definition) is 5. The second kappa shape index (κ2) is 12.0. The number of aliphatic hydroxyl groups is 1. The summed E-state index contributed by atoms with van der Waals surface area (Å²) >= 11 is 0. The van der Waals surface area contributed by atoms with E-state index in [0.717, 1.165) is 47.0 Å². The molecule has 0 aliphatic heterocycles. The third-order valence-corrected chi connectivity index (χ3v) is 6.99. The minimum atomic E-state index is -1.41. The van der Waals surface area contributed by atoms with Crippen LogP contribution in [-0.4, -0.2) is 41.4 Å². The lowest BCUT2D eigenvalue weighted by molar-refractivity contribution is 0.0474. The van der Waals surface area contributed by atoms with Crippen molar-refractivity contribution < 1.29 is 14.6 Å². The summed E-state index contributed by atoms with van der Waals surface area (Å²) in [7, 11) is 1.64. The molecule has 0 saturated carbocycles. The molecule has 0 aliphatic carbocycles. The number of hydrogen-bond donors (Lipinski definition) is 1. The van der Waals surface area contributed by atoms with Crippen LogP contribution >= 0.6 is 0 Å². The van der Waals surface area contributed by atoms with E-state index in [2.05, 4.69) is 30.7 Å². The van der Waals surface area contributed by atoms with Crippen LogP contribution in [0.2, 0.25) is 0 Å². The van der Waals surface area contributed by atoms with Crippen LogP contribution in [0.15, 0.2) is 103 Å². The average Bonchev–Trinajstić information content (AvgIpc) is 2.95. The molecule has 4 aromatic rings. The Balaban J connectivity index is 1.83. The van der Waals surface area contributed by atoms with Gasteiger partial charge in [0.15, 0.2) is 0 Å². The maximum atomic E-state index is 12.8. The third-order valence-electron chi connectivity index (χ3n) is 6.99. The molecule has 1 aromatic heterocycles. The number of pyridine rings is 1. The normalized spacial score (nSPS) is 14.5. The van der Waals surface area contributed by atoms with Gasteiger partial charge in [0.2, 0.25) is 0 Å². The zero-order valence-electron chi connectivity index (χ0n) is 22.0. The van der Waals surface area contributed by atoms with Gasteiger partial charge in [-0.3, -0.25) is 9.88 Å². The first-order valence-corrected chi connectivity index (χ1v) is 12.8. The summed E-state index contributed by atoms with van der Waals surface area (Å²) in [5.74, 6) is 1.04. The van der Waals surface area contributed by atoms with Crippen LogP contribution in [0.3, 0.4) is 0 Å². The standard InChI is InChI=1S/C32H36N2O3/c1-5-34(6-2)24(3)37-29-21-17-27(18-22-29)32(35,26-15-19-28(36-4)20-16-26)31(25-12-8-7-9-13-25)30-14-10-11-23-33-30/h7-24,31,35H,5-6H2,1-4H3. The Labute approximate surface area is 220 Å². The zero-order chi connectivity index (χ0) is 26.3. The highest BCUT2D eigenvalue weighted by Crippen LogP contribution is 2.46. The van der Waals surface area contributed by atoms with Gasteiger partial charge in [0.1, 0.15) is 23.3 Å². The molecule has 0 radical (unpaired) electrons. The summed E-state index contributed by atoms with van der Waals surface area (Å²) in [6.45, 7) is 8.14. The molecule has 0 bridgehead atoms. The van der Waals surface area contributed by atoms with Crippen molar-refractivity contribution in [3.05, 3.63) is 126 Å². The van der Waals surface area contributed by atoms with Gasteiger partial charge in [0.05, 0.1) is 18.7 Å². The molecule has 192 valence electrons. The smallest absolute Gasteiger partial charge is 0.149 e. The first kappa shape index (κ1) is 26.4. The number of aromatic nitrogens is 1. The predicted molar refractivity (Wildman–Crippen MR) is 148 cm³/mol. The van der Waals surface area contributed by atoms with Crippen molar-refractivity contribution in [2.45, 2.75) is 38.5 Å². The lowest BCUT2D eigenvalue weighted by Crippen LogP contribution is -2.37. The van der Waals surface area contributed by atoms with E-state index >= 15 is 0 Å². The molecule has 3 atom stereocenters. The first-order valence-electron chi connectivity index (χ1n) is 12.8. The highest BCUT2D eigenvalue weighted by molar-refractivity contribution is 5.48. The zero-order valence-corrected chi connectivity index (χ0v) is 22.0. The quantitative estimate of drug-likeness (QED) is 0.250. The lowest BCUT2D eigenvalue weighted by Gasteiger charge is -2.38. The molecule has 1 heterocycles. The molecular weight excluding hydrogens is 460 g/mol. The van der Waals surface area contributed by atoms with Crippen LogP contribution in [0, 0.1) is 0 Å². The summed E-state index contributed by atoms with van der Waals surface area (Å²) in [4.78, 5) is 6.93. The van der Waals surface area contributed by atoms with Gasteiger partial charge in [-0.2, -0.15) is 0 Å². The van der Waals surface area contributed by atoms with Crippen LogP contribution in [0.5, 0.6) is 11.5 Å². The van der Waals surface area contributed by atoms with E-state index in [0.29, 0.717) is 0 Å². The minimum absolute atomic E-state index is 0.0492. The first-order chi connectivity index (χ1) is 18.0. The molecule has 5 nitrogen and oxygen atoms in total. The number of ether oxygens (including phenoxy) is 2. The minimum Gasteiger partial charge on any atom is -0.497 e.